The Morgan fingerprint density at radius 1 is 1.50 bits per heavy atom. The second-order valence-corrected chi connectivity index (χ2v) is 4.07. The fourth-order valence-electron chi connectivity index (χ4n) is 1.75. The Morgan fingerprint density at radius 3 is 2.89 bits per heavy atom. The first-order chi connectivity index (χ1) is 8.63. The van der Waals surface area contributed by atoms with Gasteiger partial charge in [-0.05, 0) is 25.2 Å². The van der Waals surface area contributed by atoms with Crippen molar-refractivity contribution in [2.45, 2.75) is 6.92 Å². The molecule has 0 saturated heterocycles. The van der Waals surface area contributed by atoms with Crippen LogP contribution in [0.4, 0.5) is 5.69 Å². The molecule has 94 valence electrons. The summed E-state index contributed by atoms with van der Waals surface area (Å²) in [5.41, 5.74) is 7.17. The van der Waals surface area contributed by atoms with Crippen molar-refractivity contribution in [2.75, 3.05) is 11.9 Å². The number of benzene rings is 1. The largest absolute Gasteiger partial charge is 0.461 e. The zero-order valence-corrected chi connectivity index (χ0v) is 10.6. The van der Waals surface area contributed by atoms with Crippen LogP contribution in [0.1, 0.15) is 17.4 Å². The number of esters is 1. The number of rotatable bonds is 3. The molecule has 0 radical (unpaired) electrons. The lowest BCUT2D eigenvalue weighted by Crippen LogP contribution is -2.20. The third-order valence-corrected chi connectivity index (χ3v) is 2.54. The summed E-state index contributed by atoms with van der Waals surface area (Å²) in [5, 5.41) is 3.76. The molecule has 0 bridgehead atoms. The Balaban J connectivity index is 2.56. The third-order valence-electron chi connectivity index (χ3n) is 2.43. The molecule has 0 spiro atoms. The molecule has 6 heteroatoms. The Kier molecular flexibility index (Phi) is 3.47. The van der Waals surface area contributed by atoms with Gasteiger partial charge in [0, 0.05) is 10.9 Å². The van der Waals surface area contributed by atoms with E-state index in [2.05, 4.69) is 10.3 Å². The summed E-state index contributed by atoms with van der Waals surface area (Å²) in [6.45, 7) is 2.06. The second kappa shape index (κ2) is 5.05. The summed E-state index contributed by atoms with van der Waals surface area (Å²) in [4.78, 5) is 14.8. The van der Waals surface area contributed by atoms with Gasteiger partial charge in [0.15, 0.2) is 5.11 Å². The number of aromatic nitrogens is 1. The number of nitrogens with two attached hydrogens (primary N) is 1. The van der Waals surface area contributed by atoms with Crippen LogP contribution in [-0.2, 0) is 4.74 Å². The average Bonchev–Trinajstić information content (AvgIpc) is 2.68. The smallest absolute Gasteiger partial charge is 0.356 e. The Bertz CT molecular complexity index is 606. The maximum absolute atomic E-state index is 11.8. The number of fused-ring (bicyclic) bond motifs is 1. The average molecular weight is 263 g/mol. The predicted molar refractivity (Wildman–Crippen MR) is 74.7 cm³/mol. The number of ether oxygens (including phenoxy) is 1. The second-order valence-electron chi connectivity index (χ2n) is 3.63. The molecule has 0 aliphatic heterocycles. The Morgan fingerprint density at radius 2 is 2.22 bits per heavy atom. The third kappa shape index (κ3) is 2.28. The van der Waals surface area contributed by atoms with Gasteiger partial charge in [-0.3, -0.25) is 0 Å². The van der Waals surface area contributed by atoms with Gasteiger partial charge >= 0.3 is 5.97 Å². The predicted octanol–water partition coefficient (Wildman–Crippen LogP) is 2.00. The number of anilines is 1. The molecule has 18 heavy (non-hydrogen) atoms. The van der Waals surface area contributed by atoms with Crippen LogP contribution >= 0.6 is 12.2 Å². The molecule has 0 aliphatic rings. The van der Waals surface area contributed by atoms with Gasteiger partial charge in [-0.25, -0.2) is 4.79 Å². The van der Waals surface area contributed by atoms with E-state index in [1.807, 2.05) is 24.3 Å². The van der Waals surface area contributed by atoms with Crippen molar-refractivity contribution >= 4 is 39.9 Å². The number of para-hydroxylation sites is 1. The molecule has 0 saturated carbocycles. The first-order valence-electron chi connectivity index (χ1n) is 5.47. The van der Waals surface area contributed by atoms with Crippen molar-refractivity contribution in [3.8, 4) is 0 Å². The van der Waals surface area contributed by atoms with Crippen molar-refractivity contribution in [1.29, 1.82) is 0 Å². The van der Waals surface area contributed by atoms with Gasteiger partial charge < -0.3 is 20.8 Å². The number of thiocarbonyl (C=S) groups is 1. The molecule has 4 N–H and O–H groups in total. The van der Waals surface area contributed by atoms with Crippen LogP contribution in [0.5, 0.6) is 0 Å². The molecule has 0 unspecified atom stereocenters. The van der Waals surface area contributed by atoms with Crippen LogP contribution < -0.4 is 11.1 Å². The lowest BCUT2D eigenvalue weighted by Gasteiger charge is -2.05. The van der Waals surface area contributed by atoms with E-state index < -0.39 is 5.97 Å². The maximum atomic E-state index is 11.8. The topological polar surface area (TPSA) is 80.1 Å². The first kappa shape index (κ1) is 12.4. The van der Waals surface area contributed by atoms with Gasteiger partial charge in [-0.1, -0.05) is 18.2 Å². The maximum Gasteiger partial charge on any atom is 0.356 e. The molecule has 0 atom stereocenters. The fraction of sp³-hybridized carbons (Fsp3) is 0.167. The highest BCUT2D eigenvalue weighted by molar-refractivity contribution is 7.80. The molecular weight excluding hydrogens is 250 g/mol. The van der Waals surface area contributed by atoms with Gasteiger partial charge in [0.25, 0.3) is 0 Å². The molecule has 1 aromatic carbocycles. The minimum Gasteiger partial charge on any atom is -0.461 e. The SMILES string of the molecule is CCOC(=O)c1[nH]c2ccccc2c1NC(N)=S. The van der Waals surface area contributed by atoms with Crippen molar-refractivity contribution < 1.29 is 9.53 Å². The molecule has 2 aromatic rings. The molecule has 0 amide bonds. The number of hydrogen-bond donors (Lipinski definition) is 3. The summed E-state index contributed by atoms with van der Waals surface area (Å²) in [6.07, 6.45) is 0. The van der Waals surface area contributed by atoms with Gasteiger partial charge in [0.05, 0.1) is 12.3 Å². The minimum atomic E-state index is -0.438. The molecule has 1 aromatic heterocycles. The molecule has 0 aliphatic carbocycles. The van der Waals surface area contributed by atoms with E-state index in [1.54, 1.807) is 6.92 Å². The lowest BCUT2D eigenvalue weighted by atomic mass is 10.2. The highest BCUT2D eigenvalue weighted by Crippen LogP contribution is 2.28. The summed E-state index contributed by atoms with van der Waals surface area (Å²) in [7, 11) is 0. The summed E-state index contributed by atoms with van der Waals surface area (Å²) < 4.78 is 4.99. The highest BCUT2D eigenvalue weighted by Gasteiger charge is 2.18. The van der Waals surface area contributed by atoms with Crippen LogP contribution in [-0.4, -0.2) is 22.7 Å². The van der Waals surface area contributed by atoms with Gasteiger partial charge in [0.2, 0.25) is 0 Å². The summed E-state index contributed by atoms with van der Waals surface area (Å²) >= 11 is 4.82. The van der Waals surface area contributed by atoms with Crippen LogP contribution in [0.2, 0.25) is 0 Å². The van der Waals surface area contributed by atoms with E-state index in [9.17, 15) is 4.79 Å². The van der Waals surface area contributed by atoms with Crippen molar-refractivity contribution in [1.82, 2.24) is 4.98 Å². The van der Waals surface area contributed by atoms with Crippen LogP contribution in [0.15, 0.2) is 24.3 Å². The molecule has 2 rings (SSSR count). The standard InChI is InChI=1S/C12H13N3O2S/c1-2-17-11(16)10-9(15-12(13)18)7-5-3-4-6-8(7)14-10/h3-6,14H,2H2,1H3,(H3,13,15,18). The molecule has 0 fully saturated rings. The van der Waals surface area contributed by atoms with Crippen molar-refractivity contribution in [3.05, 3.63) is 30.0 Å². The number of aromatic amines is 1. The molecular formula is C12H13N3O2S. The summed E-state index contributed by atoms with van der Waals surface area (Å²) in [6, 6.07) is 7.48. The van der Waals surface area contributed by atoms with E-state index in [1.165, 1.54) is 0 Å². The first-order valence-corrected chi connectivity index (χ1v) is 5.88. The van der Waals surface area contributed by atoms with Crippen LogP contribution in [0.3, 0.4) is 0 Å². The lowest BCUT2D eigenvalue weighted by molar-refractivity contribution is 0.0522. The molecule has 5 nitrogen and oxygen atoms in total. The zero-order valence-electron chi connectivity index (χ0n) is 9.82. The van der Waals surface area contributed by atoms with Crippen LogP contribution in [0, 0.1) is 0 Å². The fourth-order valence-corrected chi connectivity index (χ4v) is 1.85. The van der Waals surface area contributed by atoms with Gasteiger partial charge in [-0.15, -0.1) is 0 Å². The van der Waals surface area contributed by atoms with Crippen molar-refractivity contribution in [3.63, 3.8) is 0 Å². The number of nitrogens with one attached hydrogen (secondary N) is 2. The van der Waals surface area contributed by atoms with E-state index >= 15 is 0 Å². The number of hydrogen-bond acceptors (Lipinski definition) is 3. The Hall–Kier alpha value is -2.08. The molecule has 1 heterocycles. The normalized spacial score (nSPS) is 10.3. The van der Waals surface area contributed by atoms with E-state index in [-0.39, 0.29) is 5.11 Å². The van der Waals surface area contributed by atoms with Gasteiger partial charge in [-0.2, -0.15) is 0 Å². The van der Waals surface area contributed by atoms with Gasteiger partial charge in [0.1, 0.15) is 5.69 Å². The number of carbonyl (C=O) groups excluding carboxylic acids is 1. The summed E-state index contributed by atoms with van der Waals surface area (Å²) in [5.74, 6) is -0.438. The van der Waals surface area contributed by atoms with Crippen molar-refractivity contribution in [2.24, 2.45) is 5.73 Å². The number of H-pyrrole nitrogens is 1. The number of carbonyl (C=O) groups is 1. The zero-order chi connectivity index (χ0) is 13.1. The van der Waals surface area contributed by atoms with E-state index in [4.69, 9.17) is 22.7 Å². The quantitative estimate of drug-likeness (QED) is 0.583. The minimum absolute atomic E-state index is 0.102. The van der Waals surface area contributed by atoms with Crippen LogP contribution in [0.25, 0.3) is 10.9 Å². The van der Waals surface area contributed by atoms with E-state index in [0.29, 0.717) is 18.0 Å². The Labute approximate surface area is 109 Å². The highest BCUT2D eigenvalue weighted by atomic mass is 32.1. The van der Waals surface area contributed by atoms with E-state index in [0.717, 1.165) is 10.9 Å². The monoisotopic (exact) mass is 263 g/mol.